The molecule has 7 atom stereocenters. The number of ether oxygens (including phenoxy) is 3. The smallest absolute Gasteiger partial charge is 0.230 e. The molecule has 5 rings (SSSR count). The largest absolute Gasteiger partial charge is 0.464 e. The molecule has 208 valence electrons. The van der Waals surface area contributed by atoms with Crippen LogP contribution < -0.4 is 0 Å². The van der Waals surface area contributed by atoms with E-state index in [9.17, 15) is 4.79 Å². The van der Waals surface area contributed by atoms with E-state index in [-0.39, 0.29) is 40.8 Å². The lowest BCUT2D eigenvalue weighted by Crippen LogP contribution is -2.66. The monoisotopic (exact) mass is 516 g/mol. The highest BCUT2D eigenvalue weighted by Crippen LogP contribution is 2.66. The Hall–Kier alpha value is -1.41. The highest BCUT2D eigenvalue weighted by atomic mass is 16.5. The van der Waals surface area contributed by atoms with Gasteiger partial charge in [-0.05, 0) is 48.5 Å². The van der Waals surface area contributed by atoms with Gasteiger partial charge in [0.15, 0.2) is 0 Å². The molecule has 2 saturated carbocycles. The van der Waals surface area contributed by atoms with Crippen LogP contribution in [0.3, 0.4) is 0 Å². The van der Waals surface area contributed by atoms with Crippen LogP contribution in [-0.2, 0) is 32.0 Å². The molecule has 4 aliphatic rings. The SMILES string of the molecule is CCN(C)C(=O)[C@@H]1c2cc(CN3CCOCC3)oc2C[C@H]2[C@H]1[C@@H](OC)[C@H](OC)C1C(C)(C)CCC[C@@]12C. The number of furan rings is 1. The summed E-state index contributed by atoms with van der Waals surface area (Å²) in [5.74, 6) is 2.56. The lowest BCUT2D eigenvalue weighted by molar-refractivity contribution is -0.232. The van der Waals surface area contributed by atoms with Crippen molar-refractivity contribution in [2.45, 2.75) is 78.0 Å². The van der Waals surface area contributed by atoms with E-state index >= 15 is 0 Å². The van der Waals surface area contributed by atoms with E-state index in [2.05, 4.69) is 31.7 Å². The van der Waals surface area contributed by atoms with Crippen LogP contribution in [0, 0.1) is 28.6 Å². The molecule has 0 spiro atoms. The highest BCUT2D eigenvalue weighted by Gasteiger charge is 2.65. The Morgan fingerprint density at radius 1 is 1.14 bits per heavy atom. The van der Waals surface area contributed by atoms with Crippen molar-refractivity contribution in [3.05, 3.63) is 23.2 Å². The topological polar surface area (TPSA) is 64.4 Å². The Morgan fingerprint density at radius 3 is 2.49 bits per heavy atom. The lowest BCUT2D eigenvalue weighted by atomic mass is 9.42. The van der Waals surface area contributed by atoms with Crippen molar-refractivity contribution in [1.29, 1.82) is 0 Å². The van der Waals surface area contributed by atoms with Gasteiger partial charge in [-0.25, -0.2) is 0 Å². The molecule has 1 unspecified atom stereocenters. The Bertz CT molecular complexity index is 969. The predicted octanol–water partition coefficient (Wildman–Crippen LogP) is 4.34. The van der Waals surface area contributed by atoms with Gasteiger partial charge in [0.25, 0.3) is 0 Å². The van der Waals surface area contributed by atoms with Crippen molar-refractivity contribution in [3.8, 4) is 0 Å². The number of amides is 1. The Balaban J connectivity index is 1.61. The summed E-state index contributed by atoms with van der Waals surface area (Å²) >= 11 is 0. The van der Waals surface area contributed by atoms with E-state index in [1.54, 1.807) is 0 Å². The van der Waals surface area contributed by atoms with Crippen LogP contribution in [0.5, 0.6) is 0 Å². The second-order valence-electron chi connectivity index (χ2n) is 12.9. The molecule has 2 heterocycles. The van der Waals surface area contributed by atoms with Gasteiger partial charge in [0.2, 0.25) is 5.91 Å². The second-order valence-corrected chi connectivity index (χ2v) is 12.9. The van der Waals surface area contributed by atoms with Gasteiger partial charge in [-0.1, -0.05) is 27.2 Å². The minimum Gasteiger partial charge on any atom is -0.464 e. The maximum absolute atomic E-state index is 14.2. The average Bonchev–Trinajstić information content (AvgIpc) is 3.28. The second kappa shape index (κ2) is 10.3. The fourth-order valence-electron chi connectivity index (χ4n) is 8.87. The standard InChI is InChI=1S/C30H48N2O5/c1-8-31(5)28(33)23-20-16-19(18-32-12-14-36-15-13-32)37-22(20)17-21-24(23)25(34-6)26(35-7)27-29(2,3)10-9-11-30(21,27)4/h16,21,23-27H,8-15,17-18H2,1-7H3/t21-,23+,24+,25+,26-,27?,30+/m0/s1. The van der Waals surface area contributed by atoms with Crippen molar-refractivity contribution in [3.63, 3.8) is 0 Å². The molecule has 0 bridgehead atoms. The Kier molecular flexibility index (Phi) is 7.55. The fraction of sp³-hybridized carbons (Fsp3) is 0.833. The van der Waals surface area contributed by atoms with Gasteiger partial charge >= 0.3 is 0 Å². The lowest BCUT2D eigenvalue weighted by Gasteiger charge is -2.65. The third kappa shape index (κ3) is 4.48. The minimum absolute atomic E-state index is 0.0420. The van der Waals surface area contributed by atoms with Crippen LogP contribution in [0.1, 0.15) is 70.0 Å². The number of morpholine rings is 1. The third-order valence-electron chi connectivity index (χ3n) is 10.6. The van der Waals surface area contributed by atoms with Gasteiger partial charge in [-0.2, -0.15) is 0 Å². The molecule has 1 amide bonds. The van der Waals surface area contributed by atoms with E-state index in [1.807, 2.05) is 33.1 Å². The van der Waals surface area contributed by atoms with Crippen LogP contribution in [-0.4, -0.2) is 82.0 Å². The fourth-order valence-corrected chi connectivity index (χ4v) is 8.87. The molecular weight excluding hydrogens is 468 g/mol. The molecule has 0 aromatic carbocycles. The van der Waals surface area contributed by atoms with E-state index in [1.165, 1.54) is 12.8 Å². The molecular formula is C30H48N2O5. The molecule has 0 N–H and O–H groups in total. The summed E-state index contributed by atoms with van der Waals surface area (Å²) in [4.78, 5) is 18.4. The molecule has 1 saturated heterocycles. The first-order valence-electron chi connectivity index (χ1n) is 14.4. The quantitative estimate of drug-likeness (QED) is 0.561. The van der Waals surface area contributed by atoms with Gasteiger partial charge in [0, 0.05) is 58.8 Å². The number of carbonyl (C=O) groups is 1. The highest BCUT2D eigenvalue weighted by molar-refractivity contribution is 5.85. The molecule has 0 radical (unpaired) electrons. The van der Waals surface area contributed by atoms with Crippen LogP contribution >= 0.6 is 0 Å². The summed E-state index contributed by atoms with van der Waals surface area (Å²) in [7, 11) is 5.57. The first-order valence-corrected chi connectivity index (χ1v) is 14.4. The first kappa shape index (κ1) is 27.2. The number of likely N-dealkylation sites (N-methyl/N-ethyl adjacent to an activating group) is 1. The summed E-state index contributed by atoms with van der Waals surface area (Å²) in [6.45, 7) is 14.1. The molecule has 37 heavy (non-hydrogen) atoms. The normalized spacial score (nSPS) is 37.4. The molecule has 1 aromatic heterocycles. The number of hydrogen-bond acceptors (Lipinski definition) is 6. The summed E-state index contributed by atoms with van der Waals surface area (Å²) in [5, 5.41) is 0. The van der Waals surface area contributed by atoms with Gasteiger partial charge in [0.1, 0.15) is 11.5 Å². The Morgan fingerprint density at radius 2 is 1.84 bits per heavy atom. The zero-order valence-electron chi connectivity index (χ0n) is 24.0. The maximum atomic E-state index is 14.2. The van der Waals surface area contributed by atoms with Gasteiger partial charge in [-0.3, -0.25) is 9.69 Å². The summed E-state index contributed by atoms with van der Waals surface area (Å²) in [6.07, 6.45) is 4.22. The predicted molar refractivity (Wildman–Crippen MR) is 142 cm³/mol. The number of methoxy groups -OCH3 is 2. The van der Waals surface area contributed by atoms with Crippen molar-refractivity contribution in [2.24, 2.45) is 28.6 Å². The van der Waals surface area contributed by atoms with Gasteiger partial charge in [0.05, 0.1) is 37.9 Å². The van der Waals surface area contributed by atoms with E-state index in [0.29, 0.717) is 18.4 Å². The molecule has 1 aliphatic heterocycles. The van der Waals surface area contributed by atoms with Gasteiger partial charge < -0.3 is 23.5 Å². The zero-order valence-corrected chi connectivity index (χ0v) is 24.0. The number of nitrogens with zero attached hydrogens (tertiary/aromatic N) is 2. The van der Waals surface area contributed by atoms with Crippen LogP contribution in [0.25, 0.3) is 0 Å². The van der Waals surface area contributed by atoms with Crippen molar-refractivity contribution in [1.82, 2.24) is 9.80 Å². The Labute approximate surface area is 223 Å². The number of hydrogen-bond donors (Lipinski definition) is 0. The summed E-state index contributed by atoms with van der Waals surface area (Å²) in [6, 6.07) is 2.18. The number of carbonyl (C=O) groups excluding carboxylic acids is 1. The molecule has 1 aromatic rings. The van der Waals surface area contributed by atoms with Crippen molar-refractivity contribution in [2.75, 3.05) is 54.1 Å². The maximum Gasteiger partial charge on any atom is 0.230 e. The van der Waals surface area contributed by atoms with E-state index < -0.39 is 0 Å². The first-order chi connectivity index (χ1) is 17.7. The molecule has 7 nitrogen and oxygen atoms in total. The zero-order chi connectivity index (χ0) is 26.5. The van der Waals surface area contributed by atoms with E-state index in [4.69, 9.17) is 18.6 Å². The van der Waals surface area contributed by atoms with Crippen molar-refractivity contribution < 1.29 is 23.4 Å². The van der Waals surface area contributed by atoms with Crippen LogP contribution in [0.2, 0.25) is 0 Å². The molecule has 3 aliphatic carbocycles. The van der Waals surface area contributed by atoms with Crippen LogP contribution in [0.4, 0.5) is 0 Å². The number of fused-ring (bicyclic) bond motifs is 4. The van der Waals surface area contributed by atoms with Crippen LogP contribution in [0.15, 0.2) is 10.5 Å². The molecule has 3 fully saturated rings. The average molecular weight is 517 g/mol. The number of rotatable bonds is 6. The van der Waals surface area contributed by atoms with Gasteiger partial charge in [-0.15, -0.1) is 0 Å². The molecule has 7 heteroatoms. The minimum atomic E-state index is -0.286. The summed E-state index contributed by atoms with van der Waals surface area (Å²) in [5.41, 5.74) is 1.25. The van der Waals surface area contributed by atoms with Crippen molar-refractivity contribution >= 4 is 5.91 Å². The van der Waals surface area contributed by atoms with E-state index in [0.717, 1.165) is 62.8 Å². The third-order valence-corrected chi connectivity index (χ3v) is 10.6. The summed E-state index contributed by atoms with van der Waals surface area (Å²) < 4.78 is 24.8.